The average Bonchev–Trinajstić information content (AvgIpc) is 2.98. The summed E-state index contributed by atoms with van der Waals surface area (Å²) in [6, 6.07) is 50.9. The van der Waals surface area contributed by atoms with Gasteiger partial charge in [-0.2, -0.15) is 5.26 Å². The van der Waals surface area contributed by atoms with E-state index in [1.54, 1.807) is 0 Å². The molecule has 6 aromatic carbocycles. The molecule has 0 fully saturated rings. The third-order valence-corrected chi connectivity index (χ3v) is 11.1. The minimum Gasteiger partial charge on any atom is -0.192 e. The molecule has 6 aromatic rings. The molecule has 0 aliphatic carbocycles. The van der Waals surface area contributed by atoms with Crippen LogP contribution in [-0.2, 0) is 0 Å². The predicted octanol–water partition coefficient (Wildman–Crippen LogP) is 5.93. The van der Waals surface area contributed by atoms with Crippen LogP contribution in [0.2, 0.25) is 0 Å². The number of benzene rings is 6. The SMILES string of the molecule is N#Cc1c2ccccc2c(C#C[Si](c2ccccc2)(c2ccccc2)c2ccccc2)c2ccccc12. The fourth-order valence-corrected chi connectivity index (χ4v) is 9.14. The van der Waals surface area contributed by atoms with Gasteiger partial charge in [-0.1, -0.05) is 145 Å². The van der Waals surface area contributed by atoms with Crippen LogP contribution >= 0.6 is 0 Å². The Bertz CT molecular complexity index is 1670. The third kappa shape index (κ3) is 3.82. The van der Waals surface area contributed by atoms with Crippen molar-refractivity contribution in [3.63, 3.8) is 0 Å². The maximum absolute atomic E-state index is 10.1. The van der Waals surface area contributed by atoms with Crippen LogP contribution in [0, 0.1) is 22.8 Å². The molecule has 0 saturated heterocycles. The molecular weight excluding hydrogens is 462 g/mol. The molecule has 6 rings (SSSR count). The van der Waals surface area contributed by atoms with Crippen LogP contribution in [0.5, 0.6) is 0 Å². The van der Waals surface area contributed by atoms with Gasteiger partial charge >= 0.3 is 0 Å². The molecule has 0 spiro atoms. The summed E-state index contributed by atoms with van der Waals surface area (Å²) in [4.78, 5) is 0. The van der Waals surface area contributed by atoms with E-state index in [-0.39, 0.29) is 0 Å². The molecule has 37 heavy (non-hydrogen) atoms. The van der Waals surface area contributed by atoms with E-state index < -0.39 is 8.07 Å². The lowest BCUT2D eigenvalue weighted by Crippen LogP contribution is -2.66. The van der Waals surface area contributed by atoms with E-state index in [0.717, 1.165) is 27.1 Å². The second-order valence-corrected chi connectivity index (χ2v) is 12.5. The van der Waals surface area contributed by atoms with E-state index >= 15 is 0 Å². The van der Waals surface area contributed by atoms with Crippen molar-refractivity contribution in [2.75, 3.05) is 0 Å². The normalized spacial score (nSPS) is 11.0. The summed E-state index contributed by atoms with van der Waals surface area (Å²) in [6.07, 6.45) is 0. The Kier molecular flexibility index (Phi) is 5.87. The van der Waals surface area contributed by atoms with Crippen molar-refractivity contribution in [1.29, 1.82) is 5.26 Å². The molecule has 0 N–H and O–H groups in total. The van der Waals surface area contributed by atoms with Crippen LogP contribution < -0.4 is 15.6 Å². The molecule has 0 bridgehead atoms. The fourth-order valence-electron chi connectivity index (χ4n) is 5.32. The first-order valence-corrected chi connectivity index (χ1v) is 14.4. The molecule has 0 aliphatic rings. The highest BCUT2D eigenvalue weighted by Gasteiger charge is 2.38. The summed E-state index contributed by atoms with van der Waals surface area (Å²) in [5.74, 6) is 3.72. The second-order valence-electron chi connectivity index (χ2n) is 9.05. The van der Waals surface area contributed by atoms with E-state index in [4.69, 9.17) is 0 Å². The number of hydrogen-bond acceptors (Lipinski definition) is 1. The molecule has 0 amide bonds. The molecule has 1 nitrogen and oxygen atoms in total. The van der Waals surface area contributed by atoms with Crippen LogP contribution in [0.4, 0.5) is 0 Å². The maximum atomic E-state index is 10.1. The maximum Gasteiger partial charge on any atom is 0.230 e. The predicted molar refractivity (Wildman–Crippen MR) is 157 cm³/mol. The summed E-state index contributed by atoms with van der Waals surface area (Å²) in [5.41, 5.74) is 5.61. The molecule has 0 aromatic heterocycles. The van der Waals surface area contributed by atoms with Crippen molar-refractivity contribution >= 4 is 45.2 Å². The molecule has 0 saturated carbocycles. The first-order chi connectivity index (χ1) is 18.3. The highest BCUT2D eigenvalue weighted by molar-refractivity contribution is 7.16. The minimum absolute atomic E-state index is 0.703. The Balaban J connectivity index is 1.75. The standard InChI is InChI=1S/C35H23NSi/c36-26-35-32-22-12-10-20-30(32)34(31-21-11-13-23-33(31)35)24-25-37(27-14-4-1-5-15-27,28-16-6-2-7-17-28)29-18-8-3-9-19-29/h1-23H. The Morgan fingerprint density at radius 3 is 1.08 bits per heavy atom. The van der Waals surface area contributed by atoms with E-state index in [1.807, 2.05) is 36.4 Å². The van der Waals surface area contributed by atoms with Gasteiger partial charge in [0.15, 0.2) is 0 Å². The number of fused-ring (bicyclic) bond motifs is 2. The molecule has 0 radical (unpaired) electrons. The fraction of sp³-hybridized carbons (Fsp3) is 0. The Labute approximate surface area is 218 Å². The average molecular weight is 486 g/mol. The van der Waals surface area contributed by atoms with Gasteiger partial charge in [0.1, 0.15) is 6.07 Å². The first kappa shape index (κ1) is 22.6. The van der Waals surface area contributed by atoms with Crippen molar-refractivity contribution in [2.45, 2.75) is 0 Å². The lowest BCUT2D eigenvalue weighted by atomic mass is 9.92. The number of hydrogen-bond donors (Lipinski definition) is 0. The van der Waals surface area contributed by atoms with E-state index in [0.29, 0.717) is 5.56 Å². The van der Waals surface area contributed by atoms with Crippen molar-refractivity contribution < 1.29 is 0 Å². The summed E-state index contributed by atoms with van der Waals surface area (Å²) in [6.45, 7) is 0. The molecule has 2 heteroatoms. The quantitative estimate of drug-likeness (QED) is 0.132. The van der Waals surface area contributed by atoms with Crippen LogP contribution in [0.3, 0.4) is 0 Å². The van der Waals surface area contributed by atoms with Gasteiger partial charge in [-0.3, -0.25) is 0 Å². The summed E-state index contributed by atoms with van der Waals surface area (Å²) < 4.78 is 0. The lowest BCUT2D eigenvalue weighted by Gasteiger charge is -2.28. The zero-order valence-electron chi connectivity index (χ0n) is 20.2. The first-order valence-electron chi connectivity index (χ1n) is 12.4. The Morgan fingerprint density at radius 1 is 0.405 bits per heavy atom. The number of nitrogens with zero attached hydrogens (tertiary/aromatic N) is 1. The molecule has 0 atom stereocenters. The van der Waals surface area contributed by atoms with Gasteiger partial charge in [0.05, 0.1) is 5.56 Å². The number of nitriles is 1. The van der Waals surface area contributed by atoms with E-state index in [2.05, 4.69) is 121 Å². The van der Waals surface area contributed by atoms with E-state index in [9.17, 15) is 5.26 Å². The second kappa shape index (κ2) is 9.63. The van der Waals surface area contributed by atoms with Gasteiger partial charge in [0, 0.05) is 16.3 Å². The molecule has 0 unspecified atom stereocenters. The van der Waals surface area contributed by atoms with Crippen molar-refractivity contribution in [2.24, 2.45) is 0 Å². The van der Waals surface area contributed by atoms with Gasteiger partial charge in [-0.15, -0.1) is 5.54 Å². The van der Waals surface area contributed by atoms with Crippen molar-refractivity contribution in [1.82, 2.24) is 0 Å². The molecule has 172 valence electrons. The van der Waals surface area contributed by atoms with Gasteiger partial charge in [0.2, 0.25) is 8.07 Å². The Hall–Kier alpha value is -4.89. The Morgan fingerprint density at radius 2 is 0.730 bits per heavy atom. The minimum atomic E-state index is -2.73. The molecule has 0 aliphatic heterocycles. The van der Waals surface area contributed by atoms with E-state index in [1.165, 1.54) is 15.6 Å². The summed E-state index contributed by atoms with van der Waals surface area (Å²) >= 11 is 0. The van der Waals surface area contributed by atoms with Crippen molar-refractivity contribution in [3.8, 4) is 17.5 Å². The topological polar surface area (TPSA) is 23.8 Å². The zero-order valence-corrected chi connectivity index (χ0v) is 21.2. The lowest BCUT2D eigenvalue weighted by molar-refractivity contribution is 1.51. The highest BCUT2D eigenvalue weighted by Crippen LogP contribution is 2.32. The smallest absolute Gasteiger partial charge is 0.192 e. The van der Waals surface area contributed by atoms with Crippen LogP contribution in [0.1, 0.15) is 11.1 Å². The third-order valence-electron chi connectivity index (χ3n) is 7.04. The molecular formula is C35H23NSi. The van der Waals surface area contributed by atoms with Gasteiger partial charge in [-0.25, -0.2) is 0 Å². The zero-order chi connectivity index (χ0) is 25.1. The monoisotopic (exact) mass is 485 g/mol. The molecule has 0 heterocycles. The van der Waals surface area contributed by atoms with Crippen molar-refractivity contribution in [3.05, 3.63) is 151 Å². The van der Waals surface area contributed by atoms with Crippen LogP contribution in [0.15, 0.2) is 140 Å². The largest absolute Gasteiger partial charge is 0.230 e. The number of rotatable bonds is 3. The van der Waals surface area contributed by atoms with Gasteiger partial charge in [-0.05, 0) is 26.3 Å². The van der Waals surface area contributed by atoms with Gasteiger partial charge in [0.25, 0.3) is 0 Å². The highest BCUT2D eigenvalue weighted by atomic mass is 28.3. The summed E-state index contributed by atoms with van der Waals surface area (Å²) in [5, 5.41) is 17.7. The summed E-state index contributed by atoms with van der Waals surface area (Å²) in [7, 11) is -2.73. The van der Waals surface area contributed by atoms with Gasteiger partial charge < -0.3 is 0 Å². The van der Waals surface area contributed by atoms with Crippen LogP contribution in [0.25, 0.3) is 21.5 Å². The van der Waals surface area contributed by atoms with Crippen LogP contribution in [-0.4, -0.2) is 8.07 Å².